The molecule has 0 saturated carbocycles. The van der Waals surface area contributed by atoms with E-state index in [4.69, 9.17) is 0 Å². The van der Waals surface area contributed by atoms with Gasteiger partial charge in [0.25, 0.3) is 15.9 Å². The van der Waals surface area contributed by atoms with E-state index < -0.39 is 10.0 Å². The minimum Gasteiger partial charge on any atom is -0.355 e. The van der Waals surface area contributed by atoms with Crippen LogP contribution in [0.1, 0.15) is 33.8 Å². The van der Waals surface area contributed by atoms with Gasteiger partial charge in [-0.05, 0) is 41.8 Å². The zero-order chi connectivity index (χ0) is 23.3. The van der Waals surface area contributed by atoms with E-state index in [1.54, 1.807) is 36.4 Å². The number of rotatable bonds is 8. The highest BCUT2D eigenvalue weighted by molar-refractivity contribution is 7.92. The normalized spacial score (nSPS) is 15.6. The molecule has 170 valence electrons. The zero-order valence-electron chi connectivity index (χ0n) is 18.0. The number of amides is 2. The molecule has 1 saturated heterocycles. The van der Waals surface area contributed by atoms with Gasteiger partial charge in [0.05, 0.1) is 16.1 Å². The van der Waals surface area contributed by atoms with Gasteiger partial charge < -0.3 is 10.6 Å². The van der Waals surface area contributed by atoms with E-state index in [-0.39, 0.29) is 33.9 Å². The van der Waals surface area contributed by atoms with Crippen molar-refractivity contribution in [2.24, 2.45) is 0 Å². The number of anilines is 1. The van der Waals surface area contributed by atoms with Gasteiger partial charge in [0.2, 0.25) is 5.91 Å². The Labute approximate surface area is 193 Å². The first kappa shape index (κ1) is 22.5. The van der Waals surface area contributed by atoms with Crippen LogP contribution in [0.4, 0.5) is 5.69 Å². The molecule has 0 aromatic heterocycles. The van der Waals surface area contributed by atoms with Crippen LogP contribution < -0.4 is 15.4 Å². The van der Waals surface area contributed by atoms with Crippen LogP contribution in [0.3, 0.4) is 0 Å². The minimum atomic E-state index is -3.90. The number of carbonyl (C=O) groups is 2. The summed E-state index contributed by atoms with van der Waals surface area (Å²) in [6, 6.07) is 22.8. The molecule has 4 rings (SSSR count). The Morgan fingerprint density at radius 3 is 2.33 bits per heavy atom. The summed E-state index contributed by atoms with van der Waals surface area (Å²) in [4.78, 5) is 24.2. The molecule has 1 fully saturated rings. The quantitative estimate of drug-likeness (QED) is 0.478. The summed E-state index contributed by atoms with van der Waals surface area (Å²) < 4.78 is 28.4. The third-order valence-corrected chi connectivity index (χ3v) is 6.98. The fourth-order valence-corrected chi connectivity index (χ4v) is 4.87. The van der Waals surface area contributed by atoms with Crippen LogP contribution in [0.25, 0.3) is 0 Å². The molecule has 1 unspecified atom stereocenters. The summed E-state index contributed by atoms with van der Waals surface area (Å²) in [5.41, 5.74) is 2.48. The molecule has 0 radical (unpaired) electrons. The van der Waals surface area contributed by atoms with Gasteiger partial charge in [-0.15, -0.1) is 0 Å². The molecule has 1 aliphatic heterocycles. The predicted octanol–water partition coefficient (Wildman–Crippen LogP) is 3.06. The Kier molecular flexibility index (Phi) is 6.74. The van der Waals surface area contributed by atoms with Gasteiger partial charge in [0.1, 0.15) is 0 Å². The van der Waals surface area contributed by atoms with Crippen molar-refractivity contribution in [2.75, 3.05) is 17.8 Å². The van der Waals surface area contributed by atoms with E-state index >= 15 is 0 Å². The Hall–Kier alpha value is -3.65. The summed E-state index contributed by atoms with van der Waals surface area (Å²) in [5.74, 6) is -0.308. The molecule has 1 atom stereocenters. The molecule has 2 amide bonds. The second-order valence-corrected chi connectivity index (χ2v) is 9.60. The van der Waals surface area contributed by atoms with Crippen molar-refractivity contribution < 1.29 is 18.0 Å². The standard InChI is InChI=1S/C25H25N3O4S/c29-24-16-20(17-27-24)19-10-12-21(13-11-19)33(31,32)28-23-9-5-4-8-22(23)25(30)26-15-14-18-6-2-1-3-7-18/h1-13,20,28H,14-17H2,(H,26,30)(H,27,29). The summed E-state index contributed by atoms with van der Waals surface area (Å²) in [6.45, 7) is 0.986. The van der Waals surface area contributed by atoms with Gasteiger partial charge in [0, 0.05) is 25.4 Å². The smallest absolute Gasteiger partial charge is 0.261 e. The number of para-hydroxylation sites is 1. The lowest BCUT2D eigenvalue weighted by molar-refractivity contribution is -0.119. The lowest BCUT2D eigenvalue weighted by Crippen LogP contribution is -2.27. The van der Waals surface area contributed by atoms with Gasteiger partial charge in [-0.3, -0.25) is 14.3 Å². The molecule has 3 aromatic carbocycles. The Morgan fingerprint density at radius 2 is 1.64 bits per heavy atom. The van der Waals surface area contributed by atoms with Crippen molar-refractivity contribution in [1.82, 2.24) is 10.6 Å². The van der Waals surface area contributed by atoms with Gasteiger partial charge in [-0.1, -0.05) is 54.6 Å². The van der Waals surface area contributed by atoms with Crippen LogP contribution >= 0.6 is 0 Å². The number of sulfonamides is 1. The topological polar surface area (TPSA) is 104 Å². The fourth-order valence-electron chi connectivity index (χ4n) is 3.79. The van der Waals surface area contributed by atoms with Crippen LogP contribution in [-0.2, 0) is 21.2 Å². The summed E-state index contributed by atoms with van der Waals surface area (Å²) in [6.07, 6.45) is 1.08. The molecular weight excluding hydrogens is 438 g/mol. The first-order valence-electron chi connectivity index (χ1n) is 10.7. The largest absolute Gasteiger partial charge is 0.355 e. The Balaban J connectivity index is 1.44. The maximum atomic E-state index is 13.0. The lowest BCUT2D eigenvalue weighted by Gasteiger charge is -2.14. The Bertz CT molecular complexity index is 1240. The van der Waals surface area contributed by atoms with Crippen LogP contribution in [-0.4, -0.2) is 33.3 Å². The van der Waals surface area contributed by atoms with Crippen molar-refractivity contribution in [3.63, 3.8) is 0 Å². The van der Waals surface area contributed by atoms with E-state index in [1.807, 2.05) is 30.3 Å². The summed E-state index contributed by atoms with van der Waals surface area (Å²) in [7, 11) is -3.90. The number of carbonyl (C=O) groups excluding carboxylic acids is 2. The molecule has 8 heteroatoms. The fraction of sp³-hybridized carbons (Fsp3) is 0.200. The molecule has 0 aliphatic carbocycles. The molecule has 3 N–H and O–H groups in total. The minimum absolute atomic E-state index is 0.00276. The summed E-state index contributed by atoms with van der Waals surface area (Å²) >= 11 is 0. The molecule has 0 spiro atoms. The Morgan fingerprint density at radius 1 is 0.939 bits per heavy atom. The highest BCUT2D eigenvalue weighted by atomic mass is 32.2. The van der Waals surface area contributed by atoms with Crippen molar-refractivity contribution in [3.8, 4) is 0 Å². The molecule has 3 aromatic rings. The van der Waals surface area contributed by atoms with E-state index in [0.717, 1.165) is 11.1 Å². The second kappa shape index (κ2) is 9.87. The van der Waals surface area contributed by atoms with E-state index in [9.17, 15) is 18.0 Å². The maximum Gasteiger partial charge on any atom is 0.261 e. The second-order valence-electron chi connectivity index (χ2n) is 7.92. The van der Waals surface area contributed by atoms with Crippen molar-refractivity contribution in [3.05, 3.63) is 95.6 Å². The van der Waals surface area contributed by atoms with Crippen LogP contribution in [0.5, 0.6) is 0 Å². The van der Waals surface area contributed by atoms with Crippen molar-refractivity contribution in [1.29, 1.82) is 0 Å². The zero-order valence-corrected chi connectivity index (χ0v) is 18.8. The first-order chi connectivity index (χ1) is 15.9. The number of hydrogen-bond acceptors (Lipinski definition) is 4. The van der Waals surface area contributed by atoms with Crippen LogP contribution in [0.15, 0.2) is 83.8 Å². The van der Waals surface area contributed by atoms with Crippen LogP contribution in [0, 0.1) is 0 Å². The predicted molar refractivity (Wildman–Crippen MR) is 127 cm³/mol. The number of benzene rings is 3. The maximum absolute atomic E-state index is 13.0. The van der Waals surface area contributed by atoms with E-state index in [0.29, 0.717) is 25.9 Å². The van der Waals surface area contributed by atoms with Crippen molar-refractivity contribution >= 4 is 27.5 Å². The van der Waals surface area contributed by atoms with Gasteiger partial charge in [0.15, 0.2) is 0 Å². The summed E-state index contributed by atoms with van der Waals surface area (Å²) in [5, 5.41) is 5.63. The van der Waals surface area contributed by atoms with Crippen molar-refractivity contribution in [2.45, 2.75) is 23.7 Å². The monoisotopic (exact) mass is 463 g/mol. The van der Waals surface area contributed by atoms with E-state index in [1.165, 1.54) is 12.1 Å². The third-order valence-electron chi connectivity index (χ3n) is 5.60. The van der Waals surface area contributed by atoms with E-state index in [2.05, 4.69) is 15.4 Å². The highest BCUT2D eigenvalue weighted by Gasteiger charge is 2.24. The third kappa shape index (κ3) is 5.59. The van der Waals surface area contributed by atoms with Crippen LogP contribution in [0.2, 0.25) is 0 Å². The number of hydrogen-bond donors (Lipinski definition) is 3. The molecule has 33 heavy (non-hydrogen) atoms. The van der Waals surface area contributed by atoms with Gasteiger partial charge >= 0.3 is 0 Å². The molecule has 1 heterocycles. The van der Waals surface area contributed by atoms with Gasteiger partial charge in [-0.2, -0.15) is 0 Å². The average molecular weight is 464 g/mol. The highest BCUT2D eigenvalue weighted by Crippen LogP contribution is 2.25. The first-order valence-corrected chi connectivity index (χ1v) is 12.2. The molecule has 1 aliphatic rings. The van der Waals surface area contributed by atoms with Gasteiger partial charge in [-0.25, -0.2) is 8.42 Å². The molecule has 0 bridgehead atoms. The number of nitrogens with one attached hydrogen (secondary N) is 3. The molecular formula is C25H25N3O4S. The molecule has 7 nitrogen and oxygen atoms in total. The SMILES string of the molecule is O=C1CC(c2ccc(S(=O)(=O)Nc3ccccc3C(=O)NCCc3ccccc3)cc2)CN1. The average Bonchev–Trinajstić information content (AvgIpc) is 3.26. The lowest BCUT2D eigenvalue weighted by atomic mass is 9.99.